The first-order valence-corrected chi connectivity index (χ1v) is 8.34. The minimum atomic E-state index is -0.995. The predicted molar refractivity (Wildman–Crippen MR) is 79.8 cm³/mol. The Morgan fingerprint density at radius 1 is 1.40 bits per heavy atom. The molecule has 2 aliphatic heterocycles. The van der Waals surface area contributed by atoms with E-state index in [1.807, 2.05) is 42.1 Å². The van der Waals surface area contributed by atoms with Crippen LogP contribution < -0.4 is 0 Å². The van der Waals surface area contributed by atoms with Gasteiger partial charge >= 0.3 is 0 Å². The molecular formula is C16H20O3S. The largest absolute Gasteiger partial charge is 0.381 e. The molecule has 0 aliphatic carbocycles. The Hall–Kier alpha value is -0.840. The third-order valence-electron chi connectivity index (χ3n) is 4.35. The molecule has 2 heterocycles. The number of thioether (sulfide) groups is 1. The summed E-state index contributed by atoms with van der Waals surface area (Å²) in [5, 5.41) is 10.3. The van der Waals surface area contributed by atoms with Crippen LogP contribution in [0.4, 0.5) is 0 Å². The molecule has 2 fully saturated rings. The molecular weight excluding hydrogens is 272 g/mol. The number of ketones is 1. The summed E-state index contributed by atoms with van der Waals surface area (Å²) in [5.74, 6) is 1.98. The smallest absolute Gasteiger partial charge is 0.169 e. The van der Waals surface area contributed by atoms with Crippen LogP contribution in [-0.2, 0) is 9.53 Å². The Morgan fingerprint density at radius 2 is 2.20 bits per heavy atom. The van der Waals surface area contributed by atoms with Gasteiger partial charge in [-0.2, -0.15) is 11.8 Å². The van der Waals surface area contributed by atoms with Crippen LogP contribution in [0.15, 0.2) is 30.3 Å². The van der Waals surface area contributed by atoms with Gasteiger partial charge in [-0.25, -0.2) is 0 Å². The normalized spacial score (nSPS) is 31.4. The number of carbonyl (C=O) groups is 1. The second-order valence-electron chi connectivity index (χ2n) is 5.74. The van der Waals surface area contributed by atoms with Gasteiger partial charge in [0.1, 0.15) is 6.10 Å². The van der Waals surface area contributed by atoms with Crippen molar-refractivity contribution >= 4 is 17.5 Å². The first kappa shape index (κ1) is 14.1. The summed E-state index contributed by atoms with van der Waals surface area (Å²) in [4.78, 5) is 12.5. The van der Waals surface area contributed by atoms with E-state index in [0.29, 0.717) is 12.2 Å². The summed E-state index contributed by atoms with van der Waals surface area (Å²) in [6.45, 7) is 0.637. The van der Waals surface area contributed by atoms with Gasteiger partial charge in [0.15, 0.2) is 5.78 Å². The summed E-state index contributed by atoms with van der Waals surface area (Å²) in [6.07, 6.45) is 1.53. The zero-order valence-electron chi connectivity index (χ0n) is 11.5. The lowest BCUT2D eigenvalue weighted by Crippen LogP contribution is -2.43. The van der Waals surface area contributed by atoms with Gasteiger partial charge in [-0.05, 0) is 30.6 Å². The molecule has 0 aromatic heterocycles. The monoisotopic (exact) mass is 292 g/mol. The first-order chi connectivity index (χ1) is 9.70. The molecule has 1 aromatic carbocycles. The summed E-state index contributed by atoms with van der Waals surface area (Å²) in [6, 6.07) is 9.21. The molecule has 0 radical (unpaired) electrons. The standard InChI is InChI=1S/C16H20O3S/c17-14(12-4-2-1-3-5-12)15(18)13-6-8-19-16(10-13)7-9-20-11-16/h1-5,13-14,17H,6-11H2. The van der Waals surface area contributed by atoms with Crippen molar-refractivity contribution in [2.75, 3.05) is 18.1 Å². The summed E-state index contributed by atoms with van der Waals surface area (Å²) in [7, 11) is 0. The first-order valence-electron chi connectivity index (χ1n) is 7.19. The van der Waals surface area contributed by atoms with E-state index in [-0.39, 0.29) is 17.3 Å². The van der Waals surface area contributed by atoms with Crippen molar-refractivity contribution in [3.05, 3.63) is 35.9 Å². The molecule has 20 heavy (non-hydrogen) atoms. The van der Waals surface area contributed by atoms with Gasteiger partial charge in [0.2, 0.25) is 0 Å². The highest BCUT2D eigenvalue weighted by atomic mass is 32.2. The summed E-state index contributed by atoms with van der Waals surface area (Å²) >= 11 is 1.90. The van der Waals surface area contributed by atoms with Crippen LogP contribution in [0.3, 0.4) is 0 Å². The van der Waals surface area contributed by atoms with Gasteiger partial charge in [0, 0.05) is 18.3 Å². The third kappa shape index (κ3) is 2.78. The van der Waals surface area contributed by atoms with E-state index in [2.05, 4.69) is 0 Å². The van der Waals surface area contributed by atoms with Crippen LogP contribution in [0.25, 0.3) is 0 Å². The lowest BCUT2D eigenvalue weighted by molar-refractivity contribution is -0.142. The summed E-state index contributed by atoms with van der Waals surface area (Å²) in [5.41, 5.74) is 0.582. The molecule has 2 aliphatic rings. The fourth-order valence-electron chi connectivity index (χ4n) is 3.16. The highest BCUT2D eigenvalue weighted by Crippen LogP contribution is 2.41. The van der Waals surface area contributed by atoms with Crippen LogP contribution in [-0.4, -0.2) is 34.6 Å². The van der Waals surface area contributed by atoms with E-state index in [1.54, 1.807) is 0 Å². The van der Waals surface area contributed by atoms with Crippen molar-refractivity contribution in [3.8, 4) is 0 Å². The Balaban J connectivity index is 1.70. The van der Waals surface area contributed by atoms with Crippen molar-refractivity contribution < 1.29 is 14.6 Å². The van der Waals surface area contributed by atoms with Crippen molar-refractivity contribution in [3.63, 3.8) is 0 Å². The third-order valence-corrected chi connectivity index (χ3v) is 5.57. The van der Waals surface area contributed by atoms with Crippen LogP contribution in [0, 0.1) is 5.92 Å². The van der Waals surface area contributed by atoms with E-state index in [9.17, 15) is 9.90 Å². The average Bonchev–Trinajstić information content (AvgIpc) is 2.94. The molecule has 3 rings (SSSR count). The molecule has 1 spiro atoms. The number of benzene rings is 1. The van der Waals surface area contributed by atoms with E-state index in [1.165, 1.54) is 0 Å². The molecule has 4 heteroatoms. The number of rotatable bonds is 3. The number of carbonyl (C=O) groups excluding carboxylic acids is 1. The maximum Gasteiger partial charge on any atom is 0.169 e. The summed E-state index contributed by atoms with van der Waals surface area (Å²) < 4.78 is 5.94. The van der Waals surface area contributed by atoms with E-state index >= 15 is 0 Å². The minimum absolute atomic E-state index is 0.0456. The maximum atomic E-state index is 12.5. The Bertz CT molecular complexity index is 468. The zero-order chi connectivity index (χ0) is 14.0. The molecule has 3 atom stereocenters. The fraction of sp³-hybridized carbons (Fsp3) is 0.562. The van der Waals surface area contributed by atoms with Crippen LogP contribution in [0.5, 0.6) is 0 Å². The lowest BCUT2D eigenvalue weighted by Gasteiger charge is -2.37. The van der Waals surface area contributed by atoms with Gasteiger partial charge in [-0.15, -0.1) is 0 Å². The molecule has 3 unspecified atom stereocenters. The van der Waals surface area contributed by atoms with Gasteiger partial charge in [0.05, 0.1) is 5.60 Å². The van der Waals surface area contributed by atoms with Gasteiger partial charge in [-0.3, -0.25) is 4.79 Å². The molecule has 3 nitrogen and oxygen atoms in total. The minimum Gasteiger partial charge on any atom is -0.381 e. The Labute approximate surface area is 123 Å². The average molecular weight is 292 g/mol. The molecule has 0 saturated carbocycles. The Morgan fingerprint density at radius 3 is 2.90 bits per heavy atom. The quantitative estimate of drug-likeness (QED) is 0.930. The molecule has 2 saturated heterocycles. The van der Waals surface area contributed by atoms with Crippen LogP contribution in [0.1, 0.15) is 30.9 Å². The van der Waals surface area contributed by atoms with Gasteiger partial charge in [-0.1, -0.05) is 30.3 Å². The number of aliphatic hydroxyl groups excluding tert-OH is 1. The topological polar surface area (TPSA) is 46.5 Å². The van der Waals surface area contributed by atoms with Gasteiger partial charge in [0.25, 0.3) is 0 Å². The van der Waals surface area contributed by atoms with E-state index in [4.69, 9.17) is 4.74 Å². The van der Waals surface area contributed by atoms with Crippen molar-refractivity contribution in [1.29, 1.82) is 0 Å². The maximum absolute atomic E-state index is 12.5. The molecule has 1 aromatic rings. The fourth-order valence-corrected chi connectivity index (χ4v) is 4.53. The lowest BCUT2D eigenvalue weighted by atomic mass is 9.81. The molecule has 0 amide bonds. The second kappa shape index (κ2) is 5.88. The number of hydrogen-bond acceptors (Lipinski definition) is 4. The predicted octanol–water partition coefficient (Wildman–Crippen LogP) is 2.59. The van der Waals surface area contributed by atoms with E-state index in [0.717, 1.165) is 30.8 Å². The number of Topliss-reactive ketones (excluding diaryl/α,β-unsaturated/α-hetero) is 1. The molecule has 0 bridgehead atoms. The number of ether oxygens (including phenoxy) is 1. The van der Waals surface area contributed by atoms with Gasteiger partial charge < -0.3 is 9.84 Å². The van der Waals surface area contributed by atoms with Crippen molar-refractivity contribution in [1.82, 2.24) is 0 Å². The van der Waals surface area contributed by atoms with Crippen LogP contribution >= 0.6 is 11.8 Å². The van der Waals surface area contributed by atoms with Crippen molar-refractivity contribution in [2.45, 2.75) is 31.0 Å². The highest BCUT2D eigenvalue weighted by Gasteiger charge is 2.43. The zero-order valence-corrected chi connectivity index (χ0v) is 12.3. The SMILES string of the molecule is O=C(C1CCOC2(CCSC2)C1)C(O)c1ccccc1. The molecule has 108 valence electrons. The number of hydrogen-bond donors (Lipinski definition) is 1. The number of aliphatic hydroxyl groups is 1. The van der Waals surface area contributed by atoms with Crippen LogP contribution in [0.2, 0.25) is 0 Å². The Kier molecular flexibility index (Phi) is 4.15. The second-order valence-corrected chi connectivity index (χ2v) is 6.84. The van der Waals surface area contributed by atoms with E-state index < -0.39 is 6.10 Å². The molecule has 1 N–H and O–H groups in total. The van der Waals surface area contributed by atoms with Crippen molar-refractivity contribution in [2.24, 2.45) is 5.92 Å². The highest BCUT2D eigenvalue weighted by molar-refractivity contribution is 7.99.